The Morgan fingerprint density at radius 2 is 1.97 bits per heavy atom. The van der Waals surface area contributed by atoms with E-state index >= 15 is 0 Å². The number of H-pyrrole nitrogens is 1. The Labute approximate surface area is 181 Å². The van der Waals surface area contributed by atoms with E-state index in [2.05, 4.69) is 10.2 Å². The minimum absolute atomic E-state index is 0.0762. The Balaban J connectivity index is 1.29. The highest BCUT2D eigenvalue weighted by Gasteiger charge is 2.37. The van der Waals surface area contributed by atoms with Gasteiger partial charge in [0.05, 0.1) is 32.0 Å². The summed E-state index contributed by atoms with van der Waals surface area (Å²) in [6.07, 6.45) is 6.10. The van der Waals surface area contributed by atoms with Gasteiger partial charge in [0.1, 0.15) is 5.75 Å². The summed E-state index contributed by atoms with van der Waals surface area (Å²) in [6.45, 7) is 1.58. The molecule has 0 spiro atoms. The number of anilines is 1. The summed E-state index contributed by atoms with van der Waals surface area (Å²) in [5.41, 5.74) is 3.85. The zero-order valence-electron chi connectivity index (χ0n) is 17.3. The first-order valence-electron chi connectivity index (χ1n) is 10.7. The first-order valence-corrected chi connectivity index (χ1v) is 10.7. The zero-order chi connectivity index (χ0) is 21.2. The lowest BCUT2D eigenvalue weighted by molar-refractivity contribution is 0.161. The number of rotatable bonds is 8. The van der Waals surface area contributed by atoms with E-state index in [9.17, 15) is 9.90 Å². The molecule has 1 atom stereocenters. The highest BCUT2D eigenvalue weighted by atomic mass is 16.5. The lowest BCUT2D eigenvalue weighted by atomic mass is 10.1. The molecule has 0 radical (unpaired) electrons. The largest absolute Gasteiger partial charge is 0.493 e. The van der Waals surface area contributed by atoms with E-state index in [1.807, 2.05) is 54.7 Å². The number of aliphatic hydroxyl groups is 1. The summed E-state index contributed by atoms with van der Waals surface area (Å²) in [7, 11) is 0. The maximum atomic E-state index is 13.2. The van der Waals surface area contributed by atoms with Crippen molar-refractivity contribution in [2.45, 2.75) is 25.4 Å². The molecule has 5 rings (SSSR count). The van der Waals surface area contributed by atoms with Crippen molar-refractivity contribution in [3.63, 3.8) is 0 Å². The van der Waals surface area contributed by atoms with Crippen molar-refractivity contribution in [3.05, 3.63) is 66.5 Å². The van der Waals surface area contributed by atoms with E-state index < -0.39 is 0 Å². The van der Waals surface area contributed by atoms with Crippen molar-refractivity contribution in [3.8, 4) is 16.9 Å². The van der Waals surface area contributed by atoms with Gasteiger partial charge in [0, 0.05) is 24.0 Å². The average molecular weight is 418 g/mol. The number of ether oxygens (including phenoxy) is 1. The Morgan fingerprint density at radius 1 is 1.13 bits per heavy atom. The lowest BCUT2D eigenvalue weighted by Crippen LogP contribution is -2.36. The van der Waals surface area contributed by atoms with Crippen LogP contribution in [0.15, 0.2) is 60.9 Å². The third kappa shape index (κ3) is 4.27. The third-order valence-electron chi connectivity index (χ3n) is 5.97. The van der Waals surface area contributed by atoms with Crippen LogP contribution in [0.5, 0.6) is 5.75 Å². The minimum Gasteiger partial charge on any atom is -0.493 e. The van der Waals surface area contributed by atoms with Crippen LogP contribution in [0.25, 0.3) is 11.1 Å². The van der Waals surface area contributed by atoms with Gasteiger partial charge < -0.3 is 14.7 Å². The van der Waals surface area contributed by atoms with E-state index in [1.165, 1.54) is 12.8 Å². The van der Waals surface area contributed by atoms with Crippen LogP contribution in [0.3, 0.4) is 0 Å². The molecule has 2 heterocycles. The van der Waals surface area contributed by atoms with Crippen molar-refractivity contribution in [1.29, 1.82) is 0 Å². The molecule has 1 aliphatic carbocycles. The highest BCUT2D eigenvalue weighted by molar-refractivity contribution is 5.95. The summed E-state index contributed by atoms with van der Waals surface area (Å²) in [6, 6.07) is 15.4. The molecule has 7 heteroatoms. The molecule has 7 nitrogen and oxygen atoms in total. The number of benzene rings is 2. The lowest BCUT2D eigenvalue weighted by Gasteiger charge is -2.22. The number of carbonyl (C=O) groups is 1. The summed E-state index contributed by atoms with van der Waals surface area (Å²) < 4.78 is 5.88. The van der Waals surface area contributed by atoms with E-state index in [0.29, 0.717) is 19.0 Å². The first-order chi connectivity index (χ1) is 15.2. The second-order valence-corrected chi connectivity index (χ2v) is 8.29. The van der Waals surface area contributed by atoms with Crippen molar-refractivity contribution >= 4 is 11.7 Å². The van der Waals surface area contributed by atoms with Gasteiger partial charge in [0.25, 0.3) is 0 Å². The van der Waals surface area contributed by atoms with Crippen LogP contribution in [0.4, 0.5) is 10.5 Å². The van der Waals surface area contributed by atoms with Crippen LogP contribution in [0.1, 0.15) is 18.4 Å². The Bertz CT molecular complexity index is 1030. The summed E-state index contributed by atoms with van der Waals surface area (Å²) in [4.78, 5) is 16.7. The van der Waals surface area contributed by atoms with Gasteiger partial charge in [-0.1, -0.05) is 24.3 Å². The number of nitrogens with zero attached hydrogens (tertiary/aromatic N) is 3. The highest BCUT2D eigenvalue weighted by Crippen LogP contribution is 2.31. The topological polar surface area (TPSA) is 81.7 Å². The van der Waals surface area contributed by atoms with Crippen molar-refractivity contribution < 1.29 is 14.6 Å². The molecule has 2 amide bonds. The van der Waals surface area contributed by atoms with E-state index in [-0.39, 0.29) is 18.7 Å². The quantitative estimate of drug-likeness (QED) is 0.585. The molecule has 3 aromatic rings. The van der Waals surface area contributed by atoms with Crippen LogP contribution in [-0.4, -0.2) is 52.0 Å². The van der Waals surface area contributed by atoms with Crippen LogP contribution < -0.4 is 9.64 Å². The number of hydrogen-bond acceptors (Lipinski definition) is 4. The minimum atomic E-state index is -0.253. The second-order valence-electron chi connectivity index (χ2n) is 8.29. The van der Waals surface area contributed by atoms with Crippen molar-refractivity contribution in [1.82, 2.24) is 15.1 Å². The van der Waals surface area contributed by atoms with Crippen LogP contribution >= 0.6 is 0 Å². The van der Waals surface area contributed by atoms with Gasteiger partial charge in [-0.05, 0) is 54.2 Å². The number of urea groups is 1. The van der Waals surface area contributed by atoms with E-state index in [1.54, 1.807) is 16.0 Å². The standard InChI is InChI=1S/C24H26N4O3/c29-15-22-14-28(21-8-6-19(7-9-21)20-11-25-26-12-20)24(30)27(22)13-18-2-1-3-23(10-18)31-16-17-4-5-17/h1-3,6-12,17,22,29H,4-5,13-16H2,(H,25,26). The van der Waals surface area contributed by atoms with Crippen molar-refractivity contribution in [2.75, 3.05) is 24.7 Å². The monoisotopic (exact) mass is 418 g/mol. The molecule has 1 unspecified atom stereocenters. The van der Waals surface area contributed by atoms with Crippen LogP contribution in [0, 0.1) is 5.92 Å². The Kier molecular flexibility index (Phi) is 5.34. The fourth-order valence-electron chi connectivity index (χ4n) is 3.94. The molecular weight excluding hydrogens is 392 g/mol. The molecule has 160 valence electrons. The molecular formula is C24H26N4O3. The number of aromatic amines is 1. The third-order valence-corrected chi connectivity index (χ3v) is 5.97. The number of carbonyl (C=O) groups excluding carboxylic acids is 1. The Morgan fingerprint density at radius 3 is 2.68 bits per heavy atom. The molecule has 0 bridgehead atoms. The predicted octanol–water partition coefficient (Wildman–Crippen LogP) is 3.67. The van der Waals surface area contributed by atoms with E-state index in [4.69, 9.17) is 4.74 Å². The molecule has 1 saturated carbocycles. The number of aliphatic hydroxyl groups excluding tert-OH is 1. The molecule has 1 aromatic heterocycles. The normalized spacial score (nSPS) is 18.6. The smallest absolute Gasteiger partial charge is 0.325 e. The first kappa shape index (κ1) is 19.6. The molecule has 31 heavy (non-hydrogen) atoms. The van der Waals surface area contributed by atoms with Gasteiger partial charge in [-0.15, -0.1) is 0 Å². The van der Waals surface area contributed by atoms with Gasteiger partial charge >= 0.3 is 6.03 Å². The molecule has 2 aliphatic rings. The fraction of sp³-hybridized carbons (Fsp3) is 0.333. The molecule has 2 N–H and O–H groups in total. The average Bonchev–Trinajstić information content (AvgIpc) is 3.37. The fourth-order valence-corrected chi connectivity index (χ4v) is 3.94. The number of hydrogen-bond donors (Lipinski definition) is 2. The van der Waals surface area contributed by atoms with Gasteiger partial charge in [-0.3, -0.25) is 10.00 Å². The predicted molar refractivity (Wildman–Crippen MR) is 118 cm³/mol. The summed E-state index contributed by atoms with van der Waals surface area (Å²) in [5.74, 6) is 1.53. The van der Waals surface area contributed by atoms with Crippen LogP contribution in [0.2, 0.25) is 0 Å². The van der Waals surface area contributed by atoms with Gasteiger partial charge in [-0.25, -0.2) is 4.79 Å². The van der Waals surface area contributed by atoms with E-state index in [0.717, 1.165) is 34.7 Å². The summed E-state index contributed by atoms with van der Waals surface area (Å²) >= 11 is 0. The number of aromatic nitrogens is 2. The summed E-state index contributed by atoms with van der Waals surface area (Å²) in [5, 5.41) is 16.7. The molecule has 2 aromatic carbocycles. The number of amides is 2. The molecule has 1 saturated heterocycles. The second kappa shape index (κ2) is 8.43. The van der Waals surface area contributed by atoms with Crippen LogP contribution in [-0.2, 0) is 6.54 Å². The SMILES string of the molecule is O=C1N(c2ccc(-c3cn[nH]c3)cc2)CC(CO)N1Cc1cccc(OCC2CC2)c1. The molecule has 2 fully saturated rings. The zero-order valence-corrected chi connectivity index (χ0v) is 17.3. The maximum Gasteiger partial charge on any atom is 0.325 e. The van der Waals surface area contributed by atoms with Gasteiger partial charge in [-0.2, -0.15) is 5.10 Å². The molecule has 1 aliphatic heterocycles. The van der Waals surface area contributed by atoms with Crippen molar-refractivity contribution in [2.24, 2.45) is 5.92 Å². The van der Waals surface area contributed by atoms with Gasteiger partial charge in [0.15, 0.2) is 0 Å². The number of nitrogens with one attached hydrogen (secondary N) is 1. The maximum absolute atomic E-state index is 13.2. The van der Waals surface area contributed by atoms with Gasteiger partial charge in [0.2, 0.25) is 0 Å². The Hall–Kier alpha value is -3.32.